The summed E-state index contributed by atoms with van der Waals surface area (Å²) >= 11 is 7.15. The number of amides is 2. The standard InChI is InChI=1S/C18H21ClN4O2S/c1-22-8-6-14(7-9-22)23(2)17(25)15-11-26-18(20-15)21-16(24)12-4-3-5-13(19)10-12/h3-5,10-11,14H,6-9H2,1-2H3,(H,20,21,24). The molecule has 0 spiro atoms. The third-order valence-corrected chi connectivity index (χ3v) is 5.58. The van der Waals surface area contributed by atoms with Gasteiger partial charge in [-0.3, -0.25) is 14.9 Å². The maximum atomic E-state index is 12.7. The maximum Gasteiger partial charge on any atom is 0.273 e. The normalized spacial score (nSPS) is 15.7. The molecule has 1 aromatic carbocycles. The van der Waals surface area contributed by atoms with E-state index in [9.17, 15) is 9.59 Å². The van der Waals surface area contributed by atoms with Crippen molar-refractivity contribution in [3.05, 3.63) is 45.9 Å². The van der Waals surface area contributed by atoms with Gasteiger partial charge in [-0.2, -0.15) is 0 Å². The minimum atomic E-state index is -0.301. The molecule has 1 fully saturated rings. The van der Waals surface area contributed by atoms with E-state index >= 15 is 0 Å². The minimum absolute atomic E-state index is 0.112. The molecule has 1 aliphatic heterocycles. The average molecular weight is 393 g/mol. The zero-order valence-corrected chi connectivity index (χ0v) is 16.3. The van der Waals surface area contributed by atoms with Crippen LogP contribution in [0.2, 0.25) is 5.02 Å². The van der Waals surface area contributed by atoms with Crippen LogP contribution in [-0.2, 0) is 0 Å². The third-order valence-electron chi connectivity index (χ3n) is 4.59. The number of carbonyl (C=O) groups excluding carboxylic acids is 2. The predicted molar refractivity (Wildman–Crippen MR) is 104 cm³/mol. The molecule has 1 aromatic heterocycles. The van der Waals surface area contributed by atoms with Crippen molar-refractivity contribution in [3.8, 4) is 0 Å². The van der Waals surface area contributed by atoms with E-state index in [1.165, 1.54) is 11.3 Å². The molecule has 0 bridgehead atoms. The van der Waals surface area contributed by atoms with Gasteiger partial charge in [0.2, 0.25) is 0 Å². The van der Waals surface area contributed by atoms with Crippen molar-refractivity contribution in [1.29, 1.82) is 0 Å². The van der Waals surface area contributed by atoms with Crippen LogP contribution in [0.5, 0.6) is 0 Å². The van der Waals surface area contributed by atoms with E-state index in [2.05, 4.69) is 22.2 Å². The van der Waals surface area contributed by atoms with Crippen LogP contribution in [0.3, 0.4) is 0 Å². The number of aromatic nitrogens is 1. The van der Waals surface area contributed by atoms with Gasteiger partial charge in [0.25, 0.3) is 11.8 Å². The van der Waals surface area contributed by atoms with Crippen molar-refractivity contribution in [2.45, 2.75) is 18.9 Å². The summed E-state index contributed by atoms with van der Waals surface area (Å²) in [6, 6.07) is 6.91. The predicted octanol–water partition coefficient (Wildman–Crippen LogP) is 3.22. The monoisotopic (exact) mass is 392 g/mol. The quantitative estimate of drug-likeness (QED) is 0.867. The first-order chi connectivity index (χ1) is 12.4. The lowest BCUT2D eigenvalue weighted by Gasteiger charge is -2.34. The summed E-state index contributed by atoms with van der Waals surface area (Å²) in [6.45, 7) is 1.97. The first-order valence-corrected chi connectivity index (χ1v) is 9.68. The maximum absolute atomic E-state index is 12.7. The number of likely N-dealkylation sites (tertiary alicyclic amines) is 1. The number of benzene rings is 1. The van der Waals surface area contributed by atoms with Gasteiger partial charge in [-0.15, -0.1) is 11.3 Å². The Kier molecular flexibility index (Phi) is 5.90. The van der Waals surface area contributed by atoms with E-state index in [0.717, 1.165) is 25.9 Å². The van der Waals surface area contributed by atoms with Crippen LogP contribution in [0.25, 0.3) is 0 Å². The topological polar surface area (TPSA) is 65.5 Å². The molecule has 6 nitrogen and oxygen atoms in total. The molecule has 138 valence electrons. The fourth-order valence-corrected chi connectivity index (χ4v) is 3.83. The van der Waals surface area contributed by atoms with Crippen molar-refractivity contribution < 1.29 is 9.59 Å². The molecule has 0 atom stereocenters. The molecular formula is C18H21ClN4O2S. The number of hydrogen-bond acceptors (Lipinski definition) is 5. The summed E-state index contributed by atoms with van der Waals surface area (Å²) in [7, 11) is 3.91. The van der Waals surface area contributed by atoms with Crippen LogP contribution in [0.1, 0.15) is 33.7 Å². The van der Waals surface area contributed by atoms with Crippen molar-refractivity contribution >= 4 is 39.9 Å². The smallest absolute Gasteiger partial charge is 0.273 e. The Labute approximate surface area is 161 Å². The SMILES string of the molecule is CN1CCC(N(C)C(=O)c2csc(NC(=O)c3cccc(Cl)c3)n2)CC1. The van der Waals surface area contributed by atoms with Crippen LogP contribution in [-0.4, -0.2) is 59.8 Å². The second kappa shape index (κ2) is 8.16. The highest BCUT2D eigenvalue weighted by molar-refractivity contribution is 7.14. The van der Waals surface area contributed by atoms with Gasteiger partial charge >= 0.3 is 0 Å². The Morgan fingerprint density at radius 2 is 2.08 bits per heavy atom. The molecule has 2 heterocycles. The fourth-order valence-electron chi connectivity index (χ4n) is 2.96. The molecule has 2 amide bonds. The van der Waals surface area contributed by atoms with Gasteiger partial charge in [0.1, 0.15) is 5.69 Å². The highest BCUT2D eigenvalue weighted by Gasteiger charge is 2.26. The van der Waals surface area contributed by atoms with Crippen molar-refractivity contribution in [3.63, 3.8) is 0 Å². The number of carbonyl (C=O) groups is 2. The summed E-state index contributed by atoms with van der Waals surface area (Å²) in [4.78, 5) is 33.2. The van der Waals surface area contributed by atoms with Gasteiger partial charge in [0.05, 0.1) is 0 Å². The van der Waals surface area contributed by atoms with Gasteiger partial charge in [-0.05, 0) is 51.2 Å². The van der Waals surface area contributed by atoms with E-state index < -0.39 is 0 Å². The molecule has 0 aliphatic carbocycles. The van der Waals surface area contributed by atoms with E-state index in [0.29, 0.717) is 21.4 Å². The zero-order valence-electron chi connectivity index (χ0n) is 14.7. The molecular weight excluding hydrogens is 372 g/mol. The summed E-state index contributed by atoms with van der Waals surface area (Å²) in [6.07, 6.45) is 1.92. The van der Waals surface area contributed by atoms with Crippen LogP contribution >= 0.6 is 22.9 Å². The molecule has 2 aromatic rings. The fraction of sp³-hybridized carbons (Fsp3) is 0.389. The zero-order chi connectivity index (χ0) is 18.7. The Bertz CT molecular complexity index is 802. The number of nitrogens with one attached hydrogen (secondary N) is 1. The molecule has 26 heavy (non-hydrogen) atoms. The Hall–Kier alpha value is -1.96. The van der Waals surface area contributed by atoms with Gasteiger partial charge < -0.3 is 9.80 Å². The number of anilines is 1. The van der Waals surface area contributed by atoms with Crippen LogP contribution in [0.4, 0.5) is 5.13 Å². The van der Waals surface area contributed by atoms with Crippen molar-refractivity contribution in [2.24, 2.45) is 0 Å². The van der Waals surface area contributed by atoms with E-state index in [1.807, 2.05) is 7.05 Å². The lowest BCUT2D eigenvalue weighted by molar-refractivity contribution is 0.0654. The highest BCUT2D eigenvalue weighted by Crippen LogP contribution is 2.21. The van der Waals surface area contributed by atoms with Gasteiger partial charge in [-0.25, -0.2) is 4.98 Å². The third kappa shape index (κ3) is 4.41. The highest BCUT2D eigenvalue weighted by atomic mass is 35.5. The minimum Gasteiger partial charge on any atom is -0.337 e. The first kappa shape index (κ1) is 18.8. The summed E-state index contributed by atoms with van der Waals surface area (Å²) in [5.74, 6) is -0.413. The molecule has 0 saturated carbocycles. The second-order valence-corrected chi connectivity index (χ2v) is 7.75. The molecule has 1 N–H and O–H groups in total. The number of nitrogens with zero attached hydrogens (tertiary/aromatic N) is 3. The van der Waals surface area contributed by atoms with Gasteiger partial charge in [0.15, 0.2) is 5.13 Å². The van der Waals surface area contributed by atoms with E-state index in [4.69, 9.17) is 11.6 Å². The Morgan fingerprint density at radius 3 is 2.77 bits per heavy atom. The number of thiazole rings is 1. The molecule has 1 aliphatic rings. The van der Waals surface area contributed by atoms with Crippen LogP contribution in [0, 0.1) is 0 Å². The Balaban J connectivity index is 1.63. The molecule has 0 radical (unpaired) electrons. The largest absolute Gasteiger partial charge is 0.337 e. The molecule has 1 saturated heterocycles. The number of hydrogen-bond donors (Lipinski definition) is 1. The number of piperidine rings is 1. The molecule has 0 unspecified atom stereocenters. The summed E-state index contributed by atoms with van der Waals surface area (Å²) < 4.78 is 0. The number of rotatable bonds is 4. The molecule has 3 rings (SSSR count). The van der Waals surface area contributed by atoms with Gasteiger partial charge in [-0.1, -0.05) is 17.7 Å². The first-order valence-electron chi connectivity index (χ1n) is 8.42. The van der Waals surface area contributed by atoms with Crippen LogP contribution < -0.4 is 5.32 Å². The second-order valence-electron chi connectivity index (χ2n) is 6.45. The number of halogens is 1. The van der Waals surface area contributed by atoms with Crippen molar-refractivity contribution in [1.82, 2.24) is 14.8 Å². The lowest BCUT2D eigenvalue weighted by atomic mass is 10.0. The summed E-state index contributed by atoms with van der Waals surface area (Å²) in [5.41, 5.74) is 0.807. The van der Waals surface area contributed by atoms with Gasteiger partial charge in [0, 0.05) is 29.1 Å². The average Bonchev–Trinajstić information content (AvgIpc) is 3.09. The molecule has 8 heteroatoms. The Morgan fingerprint density at radius 1 is 1.35 bits per heavy atom. The van der Waals surface area contributed by atoms with Crippen LogP contribution in [0.15, 0.2) is 29.6 Å². The lowest BCUT2D eigenvalue weighted by Crippen LogP contribution is -2.44. The van der Waals surface area contributed by atoms with Crippen molar-refractivity contribution in [2.75, 3.05) is 32.5 Å². The summed E-state index contributed by atoms with van der Waals surface area (Å²) in [5, 5.41) is 5.29. The van der Waals surface area contributed by atoms with E-state index in [-0.39, 0.29) is 17.9 Å². The van der Waals surface area contributed by atoms with E-state index in [1.54, 1.807) is 34.5 Å².